The maximum absolute atomic E-state index is 12.2. The SMILES string of the molecule is COc1ccc(COc2cn(-c3cccc(Br)c3)c(C=O)cc2=O)cc1. The molecule has 0 atom stereocenters. The van der Waals surface area contributed by atoms with Crippen LogP contribution in [-0.4, -0.2) is 18.0 Å². The van der Waals surface area contributed by atoms with Crippen LogP contribution >= 0.6 is 15.9 Å². The largest absolute Gasteiger partial charge is 0.497 e. The van der Waals surface area contributed by atoms with Crippen LogP contribution < -0.4 is 14.9 Å². The van der Waals surface area contributed by atoms with Crippen molar-refractivity contribution in [3.63, 3.8) is 0 Å². The number of nitrogens with zero attached hydrogens (tertiary/aromatic N) is 1. The summed E-state index contributed by atoms with van der Waals surface area (Å²) in [5, 5.41) is 0. The van der Waals surface area contributed by atoms with Gasteiger partial charge >= 0.3 is 0 Å². The monoisotopic (exact) mass is 413 g/mol. The van der Waals surface area contributed by atoms with E-state index in [2.05, 4.69) is 15.9 Å². The number of aldehydes is 1. The van der Waals surface area contributed by atoms with E-state index in [0.717, 1.165) is 21.5 Å². The van der Waals surface area contributed by atoms with Crippen LogP contribution in [0.3, 0.4) is 0 Å². The van der Waals surface area contributed by atoms with Gasteiger partial charge in [0, 0.05) is 16.2 Å². The van der Waals surface area contributed by atoms with E-state index in [0.29, 0.717) is 6.29 Å². The molecule has 3 rings (SSSR count). The summed E-state index contributed by atoms with van der Waals surface area (Å²) in [6, 6.07) is 16.1. The normalized spacial score (nSPS) is 10.4. The Kier molecular flexibility index (Phi) is 5.53. The number of aromatic nitrogens is 1. The highest BCUT2D eigenvalue weighted by molar-refractivity contribution is 9.10. The van der Waals surface area contributed by atoms with Gasteiger partial charge in [-0.3, -0.25) is 9.59 Å². The third-order valence-electron chi connectivity index (χ3n) is 3.81. The number of ether oxygens (including phenoxy) is 2. The molecule has 1 aromatic heterocycles. The Morgan fingerprint density at radius 3 is 2.54 bits per heavy atom. The number of hydrogen-bond acceptors (Lipinski definition) is 4. The van der Waals surface area contributed by atoms with Gasteiger partial charge in [0.25, 0.3) is 0 Å². The first-order valence-electron chi connectivity index (χ1n) is 7.84. The van der Waals surface area contributed by atoms with Gasteiger partial charge in [0.1, 0.15) is 12.4 Å². The van der Waals surface area contributed by atoms with E-state index in [1.54, 1.807) is 11.7 Å². The number of benzene rings is 2. The molecule has 0 aliphatic carbocycles. The number of carbonyl (C=O) groups is 1. The van der Waals surface area contributed by atoms with Gasteiger partial charge in [-0.25, -0.2) is 0 Å². The van der Waals surface area contributed by atoms with Gasteiger partial charge in [-0.15, -0.1) is 0 Å². The minimum absolute atomic E-state index is 0.173. The van der Waals surface area contributed by atoms with Crippen molar-refractivity contribution in [2.24, 2.45) is 0 Å². The fourth-order valence-corrected chi connectivity index (χ4v) is 2.85. The van der Waals surface area contributed by atoms with E-state index in [4.69, 9.17) is 9.47 Å². The molecule has 0 fully saturated rings. The number of methoxy groups -OCH3 is 1. The van der Waals surface area contributed by atoms with E-state index in [1.165, 1.54) is 12.3 Å². The van der Waals surface area contributed by atoms with Crippen molar-refractivity contribution in [3.8, 4) is 17.2 Å². The predicted molar refractivity (Wildman–Crippen MR) is 102 cm³/mol. The van der Waals surface area contributed by atoms with E-state index in [-0.39, 0.29) is 23.5 Å². The molecule has 5 nitrogen and oxygen atoms in total. The standard InChI is InChI=1S/C20H16BrNO4/c1-25-18-7-5-14(6-8-18)13-26-20-11-22(17(12-23)10-19(20)24)16-4-2-3-15(21)9-16/h2-12H,13H2,1H3. The summed E-state index contributed by atoms with van der Waals surface area (Å²) in [6.45, 7) is 0.234. The lowest BCUT2D eigenvalue weighted by Gasteiger charge is -2.13. The second-order valence-corrected chi connectivity index (χ2v) is 6.45. The number of pyridine rings is 1. The van der Waals surface area contributed by atoms with Crippen LogP contribution in [0.25, 0.3) is 5.69 Å². The number of rotatable bonds is 6. The molecule has 0 saturated carbocycles. The minimum atomic E-state index is -0.341. The van der Waals surface area contributed by atoms with E-state index in [9.17, 15) is 9.59 Å². The zero-order valence-electron chi connectivity index (χ0n) is 14.0. The Balaban J connectivity index is 1.90. The van der Waals surface area contributed by atoms with E-state index >= 15 is 0 Å². The molecule has 0 amide bonds. The molecule has 6 heteroatoms. The molecule has 0 saturated heterocycles. The summed E-state index contributed by atoms with van der Waals surface area (Å²) < 4.78 is 13.3. The third kappa shape index (κ3) is 4.03. The van der Waals surface area contributed by atoms with Crippen LogP contribution in [0.15, 0.2) is 70.1 Å². The lowest BCUT2D eigenvalue weighted by atomic mass is 10.2. The molecule has 0 aliphatic heterocycles. The average Bonchev–Trinajstić information content (AvgIpc) is 2.67. The fraction of sp³-hybridized carbons (Fsp3) is 0.100. The van der Waals surface area contributed by atoms with Crippen molar-refractivity contribution in [1.82, 2.24) is 4.57 Å². The summed E-state index contributed by atoms with van der Waals surface area (Å²) in [4.78, 5) is 23.6. The van der Waals surface area contributed by atoms with Gasteiger partial charge in [0.2, 0.25) is 5.43 Å². The first-order valence-corrected chi connectivity index (χ1v) is 8.63. The average molecular weight is 414 g/mol. The van der Waals surface area contributed by atoms with Crippen molar-refractivity contribution in [3.05, 3.63) is 86.7 Å². The van der Waals surface area contributed by atoms with Crippen molar-refractivity contribution in [2.75, 3.05) is 7.11 Å². The molecule has 0 N–H and O–H groups in total. The summed E-state index contributed by atoms with van der Waals surface area (Å²) in [7, 11) is 1.60. The molecule has 132 valence electrons. The maximum atomic E-state index is 12.2. The van der Waals surface area contributed by atoms with Gasteiger partial charge in [0.05, 0.1) is 19.0 Å². The number of carbonyl (C=O) groups excluding carboxylic acids is 1. The Hall–Kier alpha value is -2.86. The van der Waals surface area contributed by atoms with Crippen LogP contribution in [0.5, 0.6) is 11.5 Å². The molecule has 0 radical (unpaired) electrons. The quantitative estimate of drug-likeness (QED) is 0.573. The van der Waals surface area contributed by atoms with Gasteiger partial charge in [-0.05, 0) is 35.9 Å². The van der Waals surface area contributed by atoms with Crippen molar-refractivity contribution < 1.29 is 14.3 Å². The van der Waals surface area contributed by atoms with Crippen molar-refractivity contribution >= 4 is 22.2 Å². The Morgan fingerprint density at radius 2 is 1.88 bits per heavy atom. The predicted octanol–water partition coefficient (Wildman–Crippen LogP) is 4.00. The zero-order valence-corrected chi connectivity index (χ0v) is 15.6. The third-order valence-corrected chi connectivity index (χ3v) is 4.30. The van der Waals surface area contributed by atoms with Gasteiger partial charge in [0.15, 0.2) is 12.0 Å². The molecule has 2 aromatic carbocycles. The molecular formula is C20H16BrNO4. The van der Waals surface area contributed by atoms with Gasteiger partial charge < -0.3 is 14.0 Å². The molecular weight excluding hydrogens is 398 g/mol. The topological polar surface area (TPSA) is 57.5 Å². The fourth-order valence-electron chi connectivity index (χ4n) is 2.46. The second kappa shape index (κ2) is 8.01. The zero-order chi connectivity index (χ0) is 18.5. The number of hydrogen-bond donors (Lipinski definition) is 0. The smallest absolute Gasteiger partial charge is 0.224 e. The van der Waals surface area contributed by atoms with Crippen molar-refractivity contribution in [2.45, 2.75) is 6.61 Å². The first kappa shape index (κ1) is 17.9. The molecule has 3 aromatic rings. The van der Waals surface area contributed by atoms with Gasteiger partial charge in [-0.2, -0.15) is 0 Å². The van der Waals surface area contributed by atoms with E-state index < -0.39 is 0 Å². The molecule has 26 heavy (non-hydrogen) atoms. The molecule has 0 aliphatic rings. The van der Waals surface area contributed by atoms with Crippen LogP contribution in [0.4, 0.5) is 0 Å². The van der Waals surface area contributed by atoms with Crippen LogP contribution in [0.2, 0.25) is 0 Å². The Morgan fingerprint density at radius 1 is 1.12 bits per heavy atom. The van der Waals surface area contributed by atoms with Crippen LogP contribution in [0.1, 0.15) is 16.1 Å². The summed E-state index contributed by atoms with van der Waals surface area (Å²) in [5.41, 5.74) is 1.56. The molecule has 0 spiro atoms. The van der Waals surface area contributed by atoms with Crippen LogP contribution in [0, 0.1) is 0 Å². The van der Waals surface area contributed by atoms with E-state index in [1.807, 2.05) is 48.5 Å². The number of halogens is 1. The molecule has 0 unspecified atom stereocenters. The first-order chi connectivity index (χ1) is 12.6. The second-order valence-electron chi connectivity index (χ2n) is 5.53. The Bertz CT molecular complexity index is 980. The summed E-state index contributed by atoms with van der Waals surface area (Å²) >= 11 is 3.41. The highest BCUT2D eigenvalue weighted by Crippen LogP contribution is 2.19. The highest BCUT2D eigenvalue weighted by Gasteiger charge is 2.10. The molecule has 1 heterocycles. The van der Waals surface area contributed by atoms with Crippen molar-refractivity contribution in [1.29, 1.82) is 0 Å². The summed E-state index contributed by atoms with van der Waals surface area (Å²) in [5.74, 6) is 0.924. The maximum Gasteiger partial charge on any atom is 0.224 e. The summed E-state index contributed by atoms with van der Waals surface area (Å²) in [6.07, 6.45) is 2.19. The Labute approximate surface area is 158 Å². The lowest BCUT2D eigenvalue weighted by molar-refractivity contribution is 0.111. The highest BCUT2D eigenvalue weighted by atomic mass is 79.9. The van der Waals surface area contributed by atoms with Gasteiger partial charge in [-0.1, -0.05) is 34.1 Å². The molecule has 0 bridgehead atoms. The van der Waals surface area contributed by atoms with Crippen LogP contribution in [-0.2, 0) is 6.61 Å². The lowest BCUT2D eigenvalue weighted by Crippen LogP contribution is -2.14. The minimum Gasteiger partial charge on any atom is -0.497 e.